The fraction of sp³-hybridized carbons (Fsp3) is 0.690. The number of ether oxygens (including phenoxy) is 2. The summed E-state index contributed by atoms with van der Waals surface area (Å²) in [5.41, 5.74) is -0.623. The molecule has 0 bridgehead atoms. The molecule has 39 heavy (non-hydrogen) atoms. The minimum Gasteiger partial charge on any atom is -0.462 e. The smallest absolute Gasteiger partial charge is 0.312 e. The largest absolute Gasteiger partial charge is 0.462 e. The third-order valence-electron chi connectivity index (χ3n) is 7.14. The molecule has 2 atom stereocenters. The molecule has 214 valence electrons. The van der Waals surface area contributed by atoms with Gasteiger partial charge < -0.3 is 14.8 Å². The molecule has 0 aromatic carbocycles. The van der Waals surface area contributed by atoms with Crippen LogP contribution in [-0.4, -0.2) is 43.6 Å². The molecule has 2 aromatic heterocycles. The van der Waals surface area contributed by atoms with Crippen LogP contribution in [0.1, 0.15) is 116 Å². The lowest BCUT2D eigenvalue weighted by atomic mass is 10.0. The standard InChI is InChI=1S/C29H42FN5O4/c1-4-7-8-9-10-11-12-13-14-15-16-17-22(36)32-26-25-27(34-28(30)33-26)35(21-31-25)23-18-19-29(6-3,39-23)20-38-24(37)5-2/h3,21,23H,4-5,7-20H2,1-2H3,(H,32,33,34,36). The van der Waals surface area contributed by atoms with Crippen molar-refractivity contribution >= 4 is 28.9 Å². The predicted octanol–water partition coefficient (Wildman–Crippen LogP) is 6.24. The molecule has 10 heteroatoms. The van der Waals surface area contributed by atoms with Crippen molar-refractivity contribution in [2.24, 2.45) is 0 Å². The number of anilines is 1. The van der Waals surface area contributed by atoms with Crippen molar-refractivity contribution in [1.82, 2.24) is 19.5 Å². The Morgan fingerprint density at radius 1 is 1.13 bits per heavy atom. The first-order valence-electron chi connectivity index (χ1n) is 14.4. The van der Waals surface area contributed by atoms with E-state index in [4.69, 9.17) is 15.9 Å². The maximum Gasteiger partial charge on any atom is 0.312 e. The summed E-state index contributed by atoms with van der Waals surface area (Å²) in [6.07, 6.45) is 20.3. The number of rotatable bonds is 17. The van der Waals surface area contributed by atoms with E-state index in [1.165, 1.54) is 57.7 Å². The van der Waals surface area contributed by atoms with Gasteiger partial charge in [0.15, 0.2) is 22.6 Å². The van der Waals surface area contributed by atoms with Gasteiger partial charge in [-0.2, -0.15) is 14.4 Å². The molecule has 1 amide bonds. The molecule has 0 radical (unpaired) electrons. The molecule has 0 aliphatic carbocycles. The molecule has 9 nitrogen and oxygen atoms in total. The second-order valence-corrected chi connectivity index (χ2v) is 10.3. The van der Waals surface area contributed by atoms with Crippen LogP contribution in [0.2, 0.25) is 0 Å². The lowest BCUT2D eigenvalue weighted by Gasteiger charge is -2.23. The van der Waals surface area contributed by atoms with E-state index in [-0.39, 0.29) is 41.9 Å². The molecule has 2 aromatic rings. The Balaban J connectivity index is 1.49. The van der Waals surface area contributed by atoms with E-state index in [2.05, 4.69) is 33.1 Å². The van der Waals surface area contributed by atoms with Crippen LogP contribution >= 0.6 is 0 Å². The first kappa shape index (κ1) is 30.5. The number of halogens is 1. The molecular formula is C29H42FN5O4. The van der Waals surface area contributed by atoms with Gasteiger partial charge in [0.05, 0.1) is 6.33 Å². The van der Waals surface area contributed by atoms with Crippen molar-refractivity contribution in [3.63, 3.8) is 0 Å². The maximum absolute atomic E-state index is 14.4. The van der Waals surface area contributed by atoms with Gasteiger partial charge in [-0.25, -0.2) is 4.98 Å². The monoisotopic (exact) mass is 543 g/mol. The van der Waals surface area contributed by atoms with Gasteiger partial charge in [0.1, 0.15) is 12.8 Å². The Kier molecular flexibility index (Phi) is 12.1. The van der Waals surface area contributed by atoms with Crippen molar-refractivity contribution in [2.45, 2.75) is 122 Å². The molecule has 1 N–H and O–H groups in total. The predicted molar refractivity (Wildman–Crippen MR) is 147 cm³/mol. The molecule has 0 spiro atoms. The highest BCUT2D eigenvalue weighted by Crippen LogP contribution is 2.38. The number of nitrogens with zero attached hydrogens (tertiary/aromatic N) is 4. The molecule has 1 aliphatic rings. The first-order valence-corrected chi connectivity index (χ1v) is 14.4. The Labute approximate surface area is 230 Å². The molecule has 3 rings (SSSR count). The average Bonchev–Trinajstić information content (AvgIpc) is 3.55. The topological polar surface area (TPSA) is 108 Å². The summed E-state index contributed by atoms with van der Waals surface area (Å²) < 4.78 is 27.2. The number of unbranched alkanes of at least 4 members (excludes halogenated alkanes) is 10. The molecular weight excluding hydrogens is 501 g/mol. The van der Waals surface area contributed by atoms with Crippen molar-refractivity contribution in [2.75, 3.05) is 11.9 Å². The molecule has 1 aliphatic heterocycles. The first-order chi connectivity index (χ1) is 18.9. The Bertz CT molecular complexity index is 1130. The zero-order valence-electron chi connectivity index (χ0n) is 23.3. The molecule has 2 unspecified atom stereocenters. The van der Waals surface area contributed by atoms with Crippen molar-refractivity contribution in [1.29, 1.82) is 0 Å². The number of hydrogen-bond acceptors (Lipinski definition) is 7. The highest BCUT2D eigenvalue weighted by Gasteiger charge is 2.41. The number of terminal acetylenes is 1. The number of nitrogens with one attached hydrogen (secondary N) is 1. The fourth-order valence-electron chi connectivity index (χ4n) is 4.82. The van der Waals surface area contributed by atoms with E-state index in [1.54, 1.807) is 11.5 Å². The summed E-state index contributed by atoms with van der Waals surface area (Å²) in [5.74, 6) is 2.02. The Hall–Kier alpha value is -3.06. The van der Waals surface area contributed by atoms with Gasteiger partial charge in [0, 0.05) is 12.8 Å². The fourth-order valence-corrected chi connectivity index (χ4v) is 4.82. The van der Waals surface area contributed by atoms with Crippen LogP contribution in [0.4, 0.5) is 10.2 Å². The molecule has 3 heterocycles. The number of imidazole rings is 1. The second-order valence-electron chi connectivity index (χ2n) is 10.3. The Morgan fingerprint density at radius 2 is 1.79 bits per heavy atom. The highest BCUT2D eigenvalue weighted by molar-refractivity contribution is 5.96. The third-order valence-corrected chi connectivity index (χ3v) is 7.14. The number of fused-ring (bicyclic) bond motifs is 1. The Morgan fingerprint density at radius 3 is 2.44 bits per heavy atom. The van der Waals surface area contributed by atoms with Gasteiger partial charge in [-0.05, 0) is 19.3 Å². The zero-order chi connectivity index (χ0) is 28.1. The summed E-state index contributed by atoms with van der Waals surface area (Å²) in [6.45, 7) is 3.86. The third kappa shape index (κ3) is 8.99. The van der Waals surface area contributed by atoms with Gasteiger partial charge in [0.2, 0.25) is 5.91 Å². The van der Waals surface area contributed by atoms with Gasteiger partial charge in [-0.1, -0.05) is 84.0 Å². The van der Waals surface area contributed by atoms with Crippen molar-refractivity contribution < 1.29 is 23.5 Å². The van der Waals surface area contributed by atoms with E-state index < -0.39 is 17.9 Å². The van der Waals surface area contributed by atoms with E-state index in [9.17, 15) is 14.0 Å². The van der Waals surface area contributed by atoms with Crippen LogP contribution in [0.15, 0.2) is 6.33 Å². The van der Waals surface area contributed by atoms with Crippen LogP contribution < -0.4 is 5.32 Å². The maximum atomic E-state index is 14.4. The summed E-state index contributed by atoms with van der Waals surface area (Å²) in [5, 5.41) is 2.70. The van der Waals surface area contributed by atoms with Crippen LogP contribution in [0.25, 0.3) is 11.2 Å². The molecule has 0 saturated carbocycles. The molecule has 1 fully saturated rings. The van der Waals surface area contributed by atoms with Gasteiger partial charge in [-0.3, -0.25) is 14.2 Å². The minimum atomic E-state index is -1.08. The number of aromatic nitrogens is 4. The number of esters is 1. The molecule has 1 saturated heterocycles. The lowest BCUT2D eigenvalue weighted by molar-refractivity contribution is -0.152. The van der Waals surface area contributed by atoms with E-state index in [0.717, 1.165) is 19.3 Å². The zero-order valence-corrected chi connectivity index (χ0v) is 23.3. The average molecular weight is 544 g/mol. The minimum absolute atomic E-state index is 0.0300. The number of carbonyl (C=O) groups is 2. The van der Waals surface area contributed by atoms with E-state index >= 15 is 0 Å². The quantitative estimate of drug-likeness (QED) is 0.109. The number of carbonyl (C=O) groups excluding carboxylic acids is 2. The van der Waals surface area contributed by atoms with Crippen molar-refractivity contribution in [3.8, 4) is 12.3 Å². The number of amides is 1. The van der Waals surface area contributed by atoms with Crippen LogP contribution in [0.3, 0.4) is 0 Å². The van der Waals surface area contributed by atoms with Crippen LogP contribution in [-0.2, 0) is 19.1 Å². The van der Waals surface area contributed by atoms with Crippen LogP contribution in [0.5, 0.6) is 0 Å². The van der Waals surface area contributed by atoms with Crippen LogP contribution in [0, 0.1) is 18.4 Å². The summed E-state index contributed by atoms with van der Waals surface area (Å²) >= 11 is 0. The van der Waals surface area contributed by atoms with Gasteiger partial charge >= 0.3 is 12.0 Å². The van der Waals surface area contributed by atoms with Gasteiger partial charge in [-0.15, -0.1) is 6.42 Å². The highest BCUT2D eigenvalue weighted by atomic mass is 19.1. The lowest BCUT2D eigenvalue weighted by Crippen LogP contribution is -2.33. The SMILES string of the molecule is C#CC1(COC(=O)CC)CCC(n2cnc3c(NC(=O)CCCCCCCCCCCCC)nc(F)nc32)O1. The summed E-state index contributed by atoms with van der Waals surface area (Å²) in [4.78, 5) is 36.1. The normalized spacial score (nSPS) is 18.8. The van der Waals surface area contributed by atoms with Crippen molar-refractivity contribution in [3.05, 3.63) is 12.4 Å². The van der Waals surface area contributed by atoms with E-state index in [1.807, 2.05) is 0 Å². The summed E-state index contributed by atoms with van der Waals surface area (Å²) in [7, 11) is 0. The second kappa shape index (κ2) is 15.5. The van der Waals surface area contributed by atoms with E-state index in [0.29, 0.717) is 19.3 Å². The van der Waals surface area contributed by atoms with Gasteiger partial charge in [0.25, 0.3) is 0 Å². The summed E-state index contributed by atoms with van der Waals surface area (Å²) in [6, 6.07) is 0. The number of hydrogen-bond donors (Lipinski definition) is 1.